The first-order valence-corrected chi connectivity index (χ1v) is 6.92. The van der Waals surface area contributed by atoms with Crippen LogP contribution in [0.25, 0.3) is 0 Å². The van der Waals surface area contributed by atoms with Crippen molar-refractivity contribution in [1.29, 1.82) is 0 Å². The third-order valence-electron chi connectivity index (χ3n) is 3.18. The molecule has 0 spiro atoms. The first-order valence-electron chi connectivity index (χ1n) is 6.92. The Balaban J connectivity index is 2.17. The molecule has 0 aliphatic carbocycles. The van der Waals surface area contributed by atoms with E-state index in [0.29, 0.717) is 17.0 Å². The molecule has 2 rings (SSSR count). The molecule has 23 heavy (non-hydrogen) atoms. The zero-order chi connectivity index (χ0) is 16.7. The van der Waals surface area contributed by atoms with Crippen LogP contribution in [0.3, 0.4) is 0 Å². The van der Waals surface area contributed by atoms with Crippen LogP contribution < -0.4 is 10.1 Å². The molecule has 7 heteroatoms. The van der Waals surface area contributed by atoms with Crippen molar-refractivity contribution in [3.05, 3.63) is 54.0 Å². The van der Waals surface area contributed by atoms with Crippen LogP contribution in [0.15, 0.2) is 42.9 Å². The summed E-state index contributed by atoms with van der Waals surface area (Å²) >= 11 is 0. The van der Waals surface area contributed by atoms with E-state index in [1.807, 2.05) is 0 Å². The fourth-order valence-corrected chi connectivity index (χ4v) is 2.06. The molecule has 120 valence electrons. The Kier molecular flexibility index (Phi) is 5.62. The Labute approximate surface area is 133 Å². The summed E-state index contributed by atoms with van der Waals surface area (Å²) in [6.07, 6.45) is 4.78. The molecule has 2 heterocycles. The molecular weight excluding hydrogens is 298 g/mol. The van der Waals surface area contributed by atoms with E-state index in [2.05, 4.69) is 15.3 Å². The molecule has 0 saturated carbocycles. The van der Waals surface area contributed by atoms with Crippen molar-refractivity contribution in [2.75, 3.05) is 14.2 Å². The molecular formula is C16H17N3O4. The highest BCUT2D eigenvalue weighted by molar-refractivity contribution is 5.96. The Hall–Kier alpha value is -2.96. The van der Waals surface area contributed by atoms with E-state index >= 15 is 0 Å². The second-order valence-electron chi connectivity index (χ2n) is 4.67. The number of nitrogens with zero attached hydrogens (tertiary/aromatic N) is 2. The van der Waals surface area contributed by atoms with Crippen LogP contribution in [0.4, 0.5) is 0 Å². The van der Waals surface area contributed by atoms with E-state index in [-0.39, 0.29) is 6.42 Å². The van der Waals surface area contributed by atoms with Gasteiger partial charge in [0.1, 0.15) is 6.04 Å². The average molecular weight is 315 g/mol. The van der Waals surface area contributed by atoms with Gasteiger partial charge in [-0.25, -0.2) is 9.78 Å². The number of nitrogens with one attached hydrogen (secondary N) is 1. The highest BCUT2D eigenvalue weighted by Crippen LogP contribution is 2.16. The highest BCUT2D eigenvalue weighted by atomic mass is 16.5. The standard InChI is InChI=1S/C16H17N3O4/c1-22-15-11(5-4-8-18-15)9-13(16(21)23-2)19-14(20)12-6-3-7-17-10-12/h3-8,10,13H,9H2,1-2H3,(H,19,20)/t13-/m1/s1. The smallest absolute Gasteiger partial charge is 0.328 e. The quantitative estimate of drug-likeness (QED) is 0.800. The molecule has 0 unspecified atom stereocenters. The molecule has 1 amide bonds. The van der Waals surface area contributed by atoms with Crippen molar-refractivity contribution in [3.63, 3.8) is 0 Å². The van der Waals surface area contributed by atoms with Gasteiger partial charge in [0, 0.05) is 30.6 Å². The van der Waals surface area contributed by atoms with E-state index in [0.717, 1.165) is 0 Å². The molecule has 2 aromatic rings. The molecule has 0 aromatic carbocycles. The second-order valence-corrected chi connectivity index (χ2v) is 4.67. The van der Waals surface area contributed by atoms with E-state index in [4.69, 9.17) is 9.47 Å². The van der Waals surface area contributed by atoms with Crippen LogP contribution >= 0.6 is 0 Å². The summed E-state index contributed by atoms with van der Waals surface area (Å²) in [6, 6.07) is 5.91. The van der Waals surface area contributed by atoms with Gasteiger partial charge in [0.15, 0.2) is 0 Å². The predicted octanol–water partition coefficient (Wildman–Crippen LogP) is 0.999. The number of esters is 1. The summed E-state index contributed by atoms with van der Waals surface area (Å²) < 4.78 is 9.93. The second kappa shape index (κ2) is 7.88. The first-order chi connectivity index (χ1) is 11.2. The van der Waals surface area contributed by atoms with Crippen molar-refractivity contribution in [2.24, 2.45) is 0 Å². The number of hydrogen-bond acceptors (Lipinski definition) is 6. The normalized spacial score (nSPS) is 11.4. The fraction of sp³-hybridized carbons (Fsp3) is 0.250. The minimum absolute atomic E-state index is 0.204. The molecule has 0 fully saturated rings. The molecule has 0 aliphatic heterocycles. The van der Waals surface area contributed by atoms with Gasteiger partial charge >= 0.3 is 5.97 Å². The number of ether oxygens (including phenoxy) is 2. The van der Waals surface area contributed by atoms with Crippen LogP contribution in [0, 0.1) is 0 Å². The Morgan fingerprint density at radius 2 is 2.00 bits per heavy atom. The topological polar surface area (TPSA) is 90.4 Å². The largest absolute Gasteiger partial charge is 0.481 e. The van der Waals surface area contributed by atoms with E-state index < -0.39 is 17.9 Å². The summed E-state index contributed by atoms with van der Waals surface area (Å²) in [5.74, 6) is -0.554. The summed E-state index contributed by atoms with van der Waals surface area (Å²) in [4.78, 5) is 32.1. The maximum atomic E-state index is 12.2. The van der Waals surface area contributed by atoms with Crippen LogP contribution in [0.1, 0.15) is 15.9 Å². The van der Waals surface area contributed by atoms with Crippen molar-refractivity contribution in [1.82, 2.24) is 15.3 Å². The molecule has 0 aliphatic rings. The molecule has 2 aromatic heterocycles. The third-order valence-corrected chi connectivity index (χ3v) is 3.18. The summed E-state index contributed by atoms with van der Waals surface area (Å²) in [5, 5.41) is 2.65. The number of amides is 1. The number of aromatic nitrogens is 2. The summed E-state index contributed by atoms with van der Waals surface area (Å²) in [5.41, 5.74) is 1.05. The van der Waals surface area contributed by atoms with Gasteiger partial charge < -0.3 is 14.8 Å². The van der Waals surface area contributed by atoms with Gasteiger partial charge in [-0.05, 0) is 18.2 Å². The Morgan fingerprint density at radius 1 is 1.22 bits per heavy atom. The highest BCUT2D eigenvalue weighted by Gasteiger charge is 2.24. The van der Waals surface area contributed by atoms with E-state index in [1.165, 1.54) is 20.4 Å². The third kappa shape index (κ3) is 4.26. The van der Waals surface area contributed by atoms with Gasteiger partial charge in [0.2, 0.25) is 5.88 Å². The lowest BCUT2D eigenvalue weighted by Gasteiger charge is -2.17. The van der Waals surface area contributed by atoms with Crippen molar-refractivity contribution in [3.8, 4) is 5.88 Å². The lowest BCUT2D eigenvalue weighted by atomic mass is 10.1. The Bertz CT molecular complexity index is 676. The maximum Gasteiger partial charge on any atom is 0.328 e. The van der Waals surface area contributed by atoms with E-state index in [9.17, 15) is 9.59 Å². The predicted molar refractivity (Wildman–Crippen MR) is 82.0 cm³/mol. The van der Waals surface area contributed by atoms with Gasteiger partial charge in [0.05, 0.1) is 19.8 Å². The molecule has 1 N–H and O–H groups in total. The van der Waals surface area contributed by atoms with Gasteiger partial charge in [-0.3, -0.25) is 9.78 Å². The molecule has 0 radical (unpaired) electrons. The van der Waals surface area contributed by atoms with Gasteiger partial charge in [-0.1, -0.05) is 6.07 Å². The van der Waals surface area contributed by atoms with Crippen LogP contribution in [-0.2, 0) is 16.0 Å². The van der Waals surface area contributed by atoms with Crippen molar-refractivity contribution < 1.29 is 19.1 Å². The van der Waals surface area contributed by atoms with Crippen molar-refractivity contribution in [2.45, 2.75) is 12.5 Å². The van der Waals surface area contributed by atoms with E-state index in [1.54, 1.807) is 36.7 Å². The van der Waals surface area contributed by atoms with Gasteiger partial charge in [0.25, 0.3) is 5.91 Å². The molecule has 7 nitrogen and oxygen atoms in total. The number of hydrogen-bond donors (Lipinski definition) is 1. The Morgan fingerprint density at radius 3 is 2.65 bits per heavy atom. The van der Waals surface area contributed by atoms with Crippen molar-refractivity contribution >= 4 is 11.9 Å². The van der Waals surface area contributed by atoms with Gasteiger partial charge in [-0.15, -0.1) is 0 Å². The minimum atomic E-state index is -0.856. The summed E-state index contributed by atoms with van der Waals surface area (Å²) in [7, 11) is 2.76. The SMILES string of the molecule is COC(=O)[C@@H](Cc1cccnc1OC)NC(=O)c1cccnc1. The molecule has 0 saturated heterocycles. The minimum Gasteiger partial charge on any atom is -0.481 e. The first kappa shape index (κ1) is 16.4. The molecule has 1 atom stereocenters. The number of methoxy groups -OCH3 is 2. The number of rotatable bonds is 6. The van der Waals surface area contributed by atoms with Crippen LogP contribution in [0.5, 0.6) is 5.88 Å². The molecule has 0 bridgehead atoms. The zero-order valence-corrected chi connectivity index (χ0v) is 12.9. The maximum absolute atomic E-state index is 12.2. The number of carbonyl (C=O) groups is 2. The fourth-order valence-electron chi connectivity index (χ4n) is 2.06. The average Bonchev–Trinajstić information content (AvgIpc) is 2.61. The number of carbonyl (C=O) groups excluding carboxylic acids is 2. The zero-order valence-electron chi connectivity index (χ0n) is 12.9. The van der Waals surface area contributed by atoms with Crippen LogP contribution in [-0.4, -0.2) is 42.1 Å². The van der Waals surface area contributed by atoms with Crippen LogP contribution in [0.2, 0.25) is 0 Å². The lowest BCUT2D eigenvalue weighted by Crippen LogP contribution is -2.43. The summed E-state index contributed by atoms with van der Waals surface area (Å²) in [6.45, 7) is 0. The number of pyridine rings is 2. The lowest BCUT2D eigenvalue weighted by molar-refractivity contribution is -0.142. The van der Waals surface area contributed by atoms with Gasteiger partial charge in [-0.2, -0.15) is 0 Å². The monoisotopic (exact) mass is 315 g/mol.